The maximum absolute atomic E-state index is 12.7. The molecule has 0 spiro atoms. The molecule has 1 aromatic carbocycles. The molecule has 1 amide bonds. The van der Waals surface area contributed by atoms with E-state index in [0.717, 1.165) is 21.5 Å². The van der Waals surface area contributed by atoms with E-state index in [1.54, 1.807) is 17.0 Å². The Morgan fingerprint density at radius 3 is 2.36 bits per heavy atom. The SMILES string of the molecule is C[C@@H]1CC(OC(=O)c2ccc(Br)cc2)c2ncnc(N3CCN(C(=O)OC(C)(C)C)CC3)c21. The van der Waals surface area contributed by atoms with Crippen molar-refractivity contribution in [3.8, 4) is 0 Å². The molecule has 1 unspecified atom stereocenters. The van der Waals surface area contributed by atoms with Crippen LogP contribution in [0.1, 0.15) is 67.8 Å². The second-order valence-electron chi connectivity index (χ2n) is 9.49. The number of rotatable bonds is 3. The molecule has 176 valence electrons. The highest BCUT2D eigenvalue weighted by atomic mass is 79.9. The molecule has 4 rings (SSSR count). The number of hydrogen-bond donors (Lipinski definition) is 0. The summed E-state index contributed by atoms with van der Waals surface area (Å²) in [5.74, 6) is 0.653. The highest BCUT2D eigenvalue weighted by Gasteiger charge is 2.37. The summed E-state index contributed by atoms with van der Waals surface area (Å²) in [7, 11) is 0. The van der Waals surface area contributed by atoms with Crippen molar-refractivity contribution >= 4 is 33.8 Å². The molecule has 9 heteroatoms. The lowest BCUT2D eigenvalue weighted by atomic mass is 10.1. The summed E-state index contributed by atoms with van der Waals surface area (Å²) in [5.41, 5.74) is 1.79. The van der Waals surface area contributed by atoms with Crippen LogP contribution in [0.15, 0.2) is 35.1 Å². The summed E-state index contributed by atoms with van der Waals surface area (Å²) in [6, 6.07) is 7.11. The van der Waals surface area contributed by atoms with Crippen LogP contribution in [0, 0.1) is 0 Å². The molecule has 2 aliphatic rings. The molecule has 2 aromatic rings. The summed E-state index contributed by atoms with van der Waals surface area (Å²) >= 11 is 3.38. The quantitative estimate of drug-likeness (QED) is 0.546. The molecule has 2 heterocycles. The molecule has 33 heavy (non-hydrogen) atoms. The molecule has 0 radical (unpaired) electrons. The molecule has 8 nitrogen and oxygen atoms in total. The van der Waals surface area contributed by atoms with E-state index in [0.29, 0.717) is 38.2 Å². The van der Waals surface area contributed by atoms with Gasteiger partial charge in [0, 0.05) is 36.2 Å². The van der Waals surface area contributed by atoms with E-state index in [1.807, 2.05) is 32.9 Å². The molecular formula is C24H29BrN4O4. The van der Waals surface area contributed by atoms with Gasteiger partial charge in [-0.05, 0) is 57.4 Å². The number of esters is 1. The molecule has 0 bridgehead atoms. The van der Waals surface area contributed by atoms with E-state index in [2.05, 4.69) is 37.7 Å². The Kier molecular flexibility index (Phi) is 6.61. The number of fused-ring (bicyclic) bond motifs is 1. The highest BCUT2D eigenvalue weighted by molar-refractivity contribution is 9.10. The number of anilines is 1. The van der Waals surface area contributed by atoms with Gasteiger partial charge in [0.05, 0.1) is 11.3 Å². The number of aromatic nitrogens is 2. The number of amides is 1. The first kappa shape index (κ1) is 23.5. The van der Waals surface area contributed by atoms with Crippen molar-refractivity contribution < 1.29 is 19.1 Å². The average molecular weight is 517 g/mol. The molecule has 1 aliphatic carbocycles. The van der Waals surface area contributed by atoms with Gasteiger partial charge in [-0.25, -0.2) is 19.6 Å². The van der Waals surface area contributed by atoms with Crippen LogP contribution in [-0.4, -0.2) is 58.7 Å². The van der Waals surface area contributed by atoms with Crippen molar-refractivity contribution in [2.45, 2.75) is 51.7 Å². The Balaban J connectivity index is 1.46. The number of nitrogens with zero attached hydrogens (tertiary/aromatic N) is 4. The Morgan fingerprint density at radius 1 is 1.06 bits per heavy atom. The third kappa shape index (κ3) is 5.29. The van der Waals surface area contributed by atoms with Crippen molar-refractivity contribution in [3.05, 3.63) is 51.9 Å². The third-order valence-electron chi connectivity index (χ3n) is 5.82. The molecule has 2 atom stereocenters. The fraction of sp³-hybridized carbons (Fsp3) is 0.500. The number of carbonyl (C=O) groups excluding carboxylic acids is 2. The van der Waals surface area contributed by atoms with Gasteiger partial charge in [-0.2, -0.15) is 0 Å². The van der Waals surface area contributed by atoms with Gasteiger partial charge in [0.25, 0.3) is 0 Å². The van der Waals surface area contributed by atoms with Crippen molar-refractivity contribution in [2.24, 2.45) is 0 Å². The fourth-order valence-electron chi connectivity index (χ4n) is 4.25. The van der Waals surface area contributed by atoms with Crippen LogP contribution >= 0.6 is 15.9 Å². The van der Waals surface area contributed by atoms with Crippen LogP contribution in [0.2, 0.25) is 0 Å². The predicted molar refractivity (Wildman–Crippen MR) is 127 cm³/mol. The Hall–Kier alpha value is -2.68. The van der Waals surface area contributed by atoms with Crippen molar-refractivity contribution in [1.82, 2.24) is 14.9 Å². The number of hydrogen-bond acceptors (Lipinski definition) is 7. The van der Waals surface area contributed by atoms with E-state index < -0.39 is 11.7 Å². The number of benzene rings is 1. The lowest BCUT2D eigenvalue weighted by molar-refractivity contribution is 0.0238. The Labute approximate surface area is 202 Å². The van der Waals surface area contributed by atoms with Crippen LogP contribution in [0.3, 0.4) is 0 Å². The van der Waals surface area contributed by atoms with Gasteiger partial charge in [-0.3, -0.25) is 0 Å². The lowest BCUT2D eigenvalue weighted by Gasteiger charge is -2.37. The first-order valence-electron chi connectivity index (χ1n) is 11.2. The monoisotopic (exact) mass is 516 g/mol. The predicted octanol–water partition coefficient (Wildman–Crippen LogP) is 4.70. The summed E-state index contributed by atoms with van der Waals surface area (Å²) in [6.07, 6.45) is 1.51. The molecule has 1 aliphatic heterocycles. The zero-order chi connectivity index (χ0) is 23.8. The van der Waals surface area contributed by atoms with Crippen LogP contribution in [0.25, 0.3) is 0 Å². The van der Waals surface area contributed by atoms with E-state index in [9.17, 15) is 9.59 Å². The normalized spacial score (nSPS) is 20.4. The largest absolute Gasteiger partial charge is 0.452 e. The van der Waals surface area contributed by atoms with Crippen LogP contribution in [0.4, 0.5) is 10.6 Å². The van der Waals surface area contributed by atoms with E-state index in [4.69, 9.17) is 9.47 Å². The first-order valence-corrected chi connectivity index (χ1v) is 12.0. The number of piperazine rings is 1. The molecule has 1 fully saturated rings. The Bertz CT molecular complexity index is 1030. The first-order chi connectivity index (χ1) is 15.6. The van der Waals surface area contributed by atoms with Gasteiger partial charge in [0.15, 0.2) is 0 Å². The zero-order valence-electron chi connectivity index (χ0n) is 19.4. The van der Waals surface area contributed by atoms with Crippen molar-refractivity contribution in [2.75, 3.05) is 31.1 Å². The molecule has 0 saturated carbocycles. The standard InChI is InChI=1S/C24H29BrN4O4/c1-15-13-18(32-22(30)16-5-7-17(25)8-6-16)20-19(15)21(27-14-26-20)28-9-11-29(12-10-28)23(31)33-24(2,3)4/h5-8,14-15,18H,9-13H2,1-4H3/t15-,18?/m1/s1. The minimum Gasteiger partial charge on any atom is -0.452 e. The van der Waals surface area contributed by atoms with Crippen LogP contribution in [-0.2, 0) is 9.47 Å². The van der Waals surface area contributed by atoms with Crippen molar-refractivity contribution in [3.63, 3.8) is 0 Å². The minimum absolute atomic E-state index is 0.155. The van der Waals surface area contributed by atoms with E-state index >= 15 is 0 Å². The van der Waals surface area contributed by atoms with Gasteiger partial charge < -0.3 is 19.3 Å². The summed E-state index contributed by atoms with van der Waals surface area (Å²) < 4.78 is 12.2. The van der Waals surface area contributed by atoms with Gasteiger partial charge >= 0.3 is 12.1 Å². The summed E-state index contributed by atoms with van der Waals surface area (Å²) in [5, 5.41) is 0. The van der Waals surface area contributed by atoms with E-state index in [-0.39, 0.29) is 18.0 Å². The molecule has 1 aromatic heterocycles. The van der Waals surface area contributed by atoms with Crippen LogP contribution < -0.4 is 4.90 Å². The average Bonchev–Trinajstić information content (AvgIpc) is 3.08. The van der Waals surface area contributed by atoms with Gasteiger partial charge in [-0.1, -0.05) is 22.9 Å². The van der Waals surface area contributed by atoms with Gasteiger partial charge in [0.1, 0.15) is 23.9 Å². The maximum Gasteiger partial charge on any atom is 0.410 e. The second kappa shape index (κ2) is 9.29. The van der Waals surface area contributed by atoms with Crippen LogP contribution in [0.5, 0.6) is 0 Å². The van der Waals surface area contributed by atoms with Crippen molar-refractivity contribution in [1.29, 1.82) is 0 Å². The third-order valence-corrected chi connectivity index (χ3v) is 6.35. The molecule has 1 saturated heterocycles. The lowest BCUT2D eigenvalue weighted by Crippen LogP contribution is -2.50. The summed E-state index contributed by atoms with van der Waals surface area (Å²) in [4.78, 5) is 38.0. The number of ether oxygens (including phenoxy) is 2. The second-order valence-corrected chi connectivity index (χ2v) is 10.4. The molecular weight excluding hydrogens is 488 g/mol. The topological polar surface area (TPSA) is 84.9 Å². The smallest absolute Gasteiger partial charge is 0.410 e. The number of carbonyl (C=O) groups is 2. The van der Waals surface area contributed by atoms with Gasteiger partial charge in [-0.15, -0.1) is 0 Å². The minimum atomic E-state index is -0.514. The fourth-order valence-corrected chi connectivity index (χ4v) is 4.51. The highest BCUT2D eigenvalue weighted by Crippen LogP contribution is 2.45. The Morgan fingerprint density at radius 2 is 1.73 bits per heavy atom. The summed E-state index contributed by atoms with van der Waals surface area (Å²) in [6.45, 7) is 10.1. The van der Waals surface area contributed by atoms with Gasteiger partial charge in [0.2, 0.25) is 0 Å². The maximum atomic E-state index is 12.7. The zero-order valence-corrected chi connectivity index (χ0v) is 21.0. The van der Waals surface area contributed by atoms with E-state index in [1.165, 1.54) is 6.33 Å². The molecule has 0 N–H and O–H groups in total. The number of halogens is 1.